The summed E-state index contributed by atoms with van der Waals surface area (Å²) in [6.45, 7) is 5.66. The van der Waals surface area contributed by atoms with E-state index >= 15 is 0 Å². The van der Waals surface area contributed by atoms with Gasteiger partial charge in [-0.3, -0.25) is 14.5 Å². The highest BCUT2D eigenvalue weighted by molar-refractivity contribution is 5.88. The fraction of sp³-hybridized carbons (Fsp3) is 0.619. The lowest BCUT2D eigenvalue weighted by Crippen LogP contribution is -2.56. The van der Waals surface area contributed by atoms with E-state index in [0.29, 0.717) is 19.6 Å². The minimum absolute atomic E-state index is 0.0657. The Morgan fingerprint density at radius 3 is 2.79 bits per heavy atom. The summed E-state index contributed by atoms with van der Waals surface area (Å²) in [5.41, 5.74) is 1.02. The van der Waals surface area contributed by atoms with E-state index in [1.807, 2.05) is 24.3 Å². The zero-order chi connectivity index (χ0) is 19.8. The predicted molar refractivity (Wildman–Crippen MR) is 108 cm³/mol. The molecule has 28 heavy (non-hydrogen) atoms. The van der Waals surface area contributed by atoms with Gasteiger partial charge in [-0.1, -0.05) is 24.6 Å². The molecule has 2 aliphatic rings. The van der Waals surface area contributed by atoms with Gasteiger partial charge in [0.25, 0.3) is 0 Å². The number of piperidine rings is 1. The van der Waals surface area contributed by atoms with Crippen molar-refractivity contribution >= 4 is 11.8 Å². The van der Waals surface area contributed by atoms with Crippen LogP contribution in [0, 0.1) is 0 Å². The quantitative estimate of drug-likeness (QED) is 0.695. The third-order valence-electron chi connectivity index (χ3n) is 5.59. The van der Waals surface area contributed by atoms with E-state index in [1.165, 1.54) is 19.3 Å². The highest BCUT2D eigenvalue weighted by Gasteiger charge is 2.32. The maximum atomic E-state index is 12.5. The highest BCUT2D eigenvalue weighted by Crippen LogP contribution is 2.22. The van der Waals surface area contributed by atoms with Crippen molar-refractivity contribution in [3.63, 3.8) is 0 Å². The smallest absolute Gasteiger partial charge is 0.237 e. The van der Waals surface area contributed by atoms with Crippen LogP contribution in [0.3, 0.4) is 0 Å². The van der Waals surface area contributed by atoms with Crippen LogP contribution < -0.4 is 15.4 Å². The predicted octanol–water partition coefficient (Wildman–Crippen LogP) is 0.988. The molecule has 1 unspecified atom stereocenters. The van der Waals surface area contributed by atoms with Crippen LogP contribution in [0.5, 0.6) is 5.75 Å². The molecular weight excluding hydrogens is 356 g/mol. The molecular formula is C21H32N4O3. The van der Waals surface area contributed by atoms with Crippen LogP contribution in [0.1, 0.15) is 31.2 Å². The van der Waals surface area contributed by atoms with Crippen LogP contribution in [0.2, 0.25) is 0 Å². The Morgan fingerprint density at radius 1 is 1.21 bits per heavy atom. The summed E-state index contributed by atoms with van der Waals surface area (Å²) in [6.07, 6.45) is 3.98. The molecule has 3 rings (SSSR count). The summed E-state index contributed by atoms with van der Waals surface area (Å²) in [7, 11) is 1.65. The maximum absolute atomic E-state index is 12.5. The van der Waals surface area contributed by atoms with Crippen molar-refractivity contribution in [2.24, 2.45) is 0 Å². The van der Waals surface area contributed by atoms with Gasteiger partial charge in [-0.25, -0.2) is 0 Å². The summed E-state index contributed by atoms with van der Waals surface area (Å²) in [6, 6.07) is 7.36. The number of para-hydroxylation sites is 1. The first-order chi connectivity index (χ1) is 13.7. The van der Waals surface area contributed by atoms with Gasteiger partial charge in [-0.2, -0.15) is 0 Å². The average Bonchev–Trinajstić information content (AvgIpc) is 2.72. The number of nitrogens with zero attached hydrogens (tertiary/aromatic N) is 2. The fourth-order valence-electron chi connectivity index (χ4n) is 4.01. The first-order valence-electron chi connectivity index (χ1n) is 10.3. The molecule has 1 atom stereocenters. The van der Waals surface area contributed by atoms with Gasteiger partial charge in [0.15, 0.2) is 0 Å². The fourth-order valence-corrected chi connectivity index (χ4v) is 4.01. The van der Waals surface area contributed by atoms with Gasteiger partial charge >= 0.3 is 0 Å². The number of amides is 2. The first kappa shape index (κ1) is 20.6. The number of likely N-dealkylation sites (tertiary alicyclic amines) is 1. The van der Waals surface area contributed by atoms with E-state index in [4.69, 9.17) is 4.74 Å². The molecule has 0 radical (unpaired) electrons. The summed E-state index contributed by atoms with van der Waals surface area (Å²) in [4.78, 5) is 29.4. The Hall–Kier alpha value is -2.12. The number of benzene rings is 1. The van der Waals surface area contributed by atoms with Crippen LogP contribution in [0.15, 0.2) is 24.3 Å². The van der Waals surface area contributed by atoms with Crippen molar-refractivity contribution in [2.45, 2.75) is 38.3 Å². The van der Waals surface area contributed by atoms with E-state index in [0.717, 1.165) is 37.5 Å². The number of methoxy groups -OCH3 is 1. The second-order valence-corrected chi connectivity index (χ2v) is 7.55. The Labute approximate surface area is 167 Å². The maximum Gasteiger partial charge on any atom is 0.237 e. The van der Waals surface area contributed by atoms with E-state index in [9.17, 15) is 9.59 Å². The van der Waals surface area contributed by atoms with Gasteiger partial charge in [-0.15, -0.1) is 0 Å². The molecule has 1 aromatic rings. The normalized spacial score (nSPS) is 21.2. The zero-order valence-corrected chi connectivity index (χ0v) is 16.8. The Morgan fingerprint density at radius 2 is 2.00 bits per heavy atom. The summed E-state index contributed by atoms with van der Waals surface area (Å²) >= 11 is 0. The van der Waals surface area contributed by atoms with Gasteiger partial charge in [0.1, 0.15) is 5.75 Å². The van der Waals surface area contributed by atoms with Gasteiger partial charge in [0.05, 0.1) is 19.6 Å². The molecule has 2 heterocycles. The number of ether oxygens (including phenoxy) is 1. The standard InChI is InChI=1S/C21H32N4O3/c1-28-19-8-4-3-7-17(19)16-25-14-10-23-21(27)18(25)15-20(26)22-9-13-24-11-5-2-6-12-24/h3-4,7-8,18H,2,5-6,9-16H2,1H3,(H,22,26)(H,23,27). The zero-order valence-electron chi connectivity index (χ0n) is 16.8. The number of nitrogens with one attached hydrogen (secondary N) is 2. The second-order valence-electron chi connectivity index (χ2n) is 7.55. The number of rotatable bonds is 8. The van der Waals surface area contributed by atoms with Gasteiger partial charge in [0.2, 0.25) is 11.8 Å². The third-order valence-corrected chi connectivity index (χ3v) is 5.59. The van der Waals surface area contributed by atoms with Gasteiger partial charge in [0, 0.05) is 38.3 Å². The molecule has 0 spiro atoms. The van der Waals surface area contributed by atoms with E-state index < -0.39 is 6.04 Å². The van der Waals surface area contributed by atoms with Crippen LogP contribution in [0.25, 0.3) is 0 Å². The molecule has 0 bridgehead atoms. The largest absolute Gasteiger partial charge is 0.496 e. The van der Waals surface area contributed by atoms with Crippen LogP contribution in [-0.4, -0.2) is 74.0 Å². The van der Waals surface area contributed by atoms with E-state index in [-0.39, 0.29) is 18.2 Å². The molecule has 2 saturated heterocycles. The first-order valence-corrected chi connectivity index (χ1v) is 10.3. The summed E-state index contributed by atoms with van der Waals surface area (Å²) in [5, 5.41) is 5.88. The lowest BCUT2D eigenvalue weighted by atomic mass is 10.1. The minimum atomic E-state index is -0.450. The van der Waals surface area contributed by atoms with Crippen molar-refractivity contribution in [3.05, 3.63) is 29.8 Å². The highest BCUT2D eigenvalue weighted by atomic mass is 16.5. The molecule has 1 aromatic carbocycles. The van der Waals surface area contributed by atoms with E-state index in [2.05, 4.69) is 20.4 Å². The van der Waals surface area contributed by atoms with Crippen LogP contribution in [-0.2, 0) is 16.1 Å². The number of piperazine rings is 1. The van der Waals surface area contributed by atoms with Crippen molar-refractivity contribution in [3.8, 4) is 5.75 Å². The molecule has 7 nitrogen and oxygen atoms in total. The molecule has 2 aliphatic heterocycles. The molecule has 154 valence electrons. The minimum Gasteiger partial charge on any atom is -0.496 e. The number of carbonyl (C=O) groups excluding carboxylic acids is 2. The lowest BCUT2D eigenvalue weighted by Gasteiger charge is -2.35. The second kappa shape index (κ2) is 10.4. The third kappa shape index (κ3) is 5.69. The lowest BCUT2D eigenvalue weighted by molar-refractivity contribution is -0.134. The molecule has 0 aromatic heterocycles. The summed E-state index contributed by atoms with van der Waals surface area (Å²) in [5.74, 6) is 0.662. The van der Waals surface area contributed by atoms with Gasteiger partial charge in [-0.05, 0) is 32.0 Å². The molecule has 2 fully saturated rings. The Balaban J connectivity index is 1.53. The average molecular weight is 389 g/mol. The van der Waals surface area contributed by atoms with Crippen molar-refractivity contribution < 1.29 is 14.3 Å². The molecule has 2 amide bonds. The molecule has 7 heteroatoms. The number of hydrogen-bond acceptors (Lipinski definition) is 5. The van der Waals surface area contributed by atoms with Crippen LogP contribution in [0.4, 0.5) is 0 Å². The monoisotopic (exact) mass is 388 g/mol. The number of carbonyl (C=O) groups is 2. The number of hydrogen-bond donors (Lipinski definition) is 2. The van der Waals surface area contributed by atoms with Crippen molar-refractivity contribution in [2.75, 3.05) is 46.4 Å². The molecule has 0 saturated carbocycles. The molecule has 0 aliphatic carbocycles. The SMILES string of the molecule is COc1ccccc1CN1CCNC(=O)C1CC(=O)NCCN1CCCCC1. The Kier molecular flexibility index (Phi) is 7.68. The topological polar surface area (TPSA) is 73.9 Å². The summed E-state index contributed by atoms with van der Waals surface area (Å²) < 4.78 is 5.43. The molecule has 2 N–H and O–H groups in total. The van der Waals surface area contributed by atoms with Crippen LogP contribution >= 0.6 is 0 Å². The Bertz CT molecular complexity index is 661. The van der Waals surface area contributed by atoms with Crippen molar-refractivity contribution in [1.82, 2.24) is 20.4 Å². The van der Waals surface area contributed by atoms with Crippen molar-refractivity contribution in [1.29, 1.82) is 0 Å². The van der Waals surface area contributed by atoms with E-state index in [1.54, 1.807) is 7.11 Å². The van der Waals surface area contributed by atoms with Gasteiger partial charge < -0.3 is 20.3 Å².